The minimum atomic E-state index is 0.467. The van der Waals surface area contributed by atoms with E-state index in [0.29, 0.717) is 23.3 Å². The summed E-state index contributed by atoms with van der Waals surface area (Å²) < 4.78 is 5.12. The molecule has 5 nitrogen and oxygen atoms in total. The highest BCUT2D eigenvalue weighted by atomic mass is 32.1. The first-order chi connectivity index (χ1) is 11.7. The third kappa shape index (κ3) is 6.39. The fourth-order valence-corrected chi connectivity index (χ4v) is 2.15. The molecule has 0 aromatic heterocycles. The van der Waals surface area contributed by atoms with Gasteiger partial charge in [-0.15, -0.1) is 0 Å². The summed E-state index contributed by atoms with van der Waals surface area (Å²) in [6.45, 7) is 1.27. The molecule has 2 aromatic rings. The van der Waals surface area contributed by atoms with Crippen molar-refractivity contribution in [2.45, 2.75) is 13.1 Å². The summed E-state index contributed by atoms with van der Waals surface area (Å²) in [5.74, 6) is 0.830. The van der Waals surface area contributed by atoms with Crippen LogP contribution in [0.4, 0.5) is 0 Å². The fraction of sp³-hybridized carbons (Fsp3) is 0.176. The Kier molecular flexibility index (Phi) is 7.25. The first-order valence-corrected chi connectivity index (χ1v) is 8.23. The number of benzene rings is 2. The Morgan fingerprint density at radius 1 is 0.792 bits per heavy atom. The lowest BCUT2D eigenvalue weighted by molar-refractivity contribution is 0.414. The predicted molar refractivity (Wildman–Crippen MR) is 105 cm³/mol. The number of ether oxygens (including phenoxy) is 1. The number of hydrogen-bond acceptors (Lipinski definition) is 3. The average Bonchev–Trinajstić information content (AvgIpc) is 2.64. The number of nitrogens with one attached hydrogen (secondary N) is 4. The summed E-state index contributed by atoms with van der Waals surface area (Å²) in [7, 11) is 1.65. The molecule has 0 aliphatic carbocycles. The van der Waals surface area contributed by atoms with Gasteiger partial charge >= 0.3 is 0 Å². The van der Waals surface area contributed by atoms with E-state index in [2.05, 4.69) is 21.5 Å². The smallest absolute Gasteiger partial charge is 0.185 e. The summed E-state index contributed by atoms with van der Waals surface area (Å²) in [5.41, 5.74) is 7.96. The van der Waals surface area contributed by atoms with Gasteiger partial charge in [0.2, 0.25) is 0 Å². The number of hydrazine groups is 1. The number of hydrogen-bond donors (Lipinski definition) is 4. The molecule has 2 aromatic carbocycles. The Hall–Kier alpha value is -2.38. The van der Waals surface area contributed by atoms with E-state index in [1.807, 2.05) is 54.6 Å². The highest BCUT2D eigenvalue weighted by molar-refractivity contribution is 7.80. The van der Waals surface area contributed by atoms with Crippen molar-refractivity contribution in [2.75, 3.05) is 7.11 Å². The SMILES string of the molecule is COc1ccc(CNC(=S)NNC(=S)NCc2ccccc2)cc1. The molecule has 2 rings (SSSR count). The maximum Gasteiger partial charge on any atom is 0.185 e. The van der Waals surface area contributed by atoms with Crippen LogP contribution in [-0.2, 0) is 13.1 Å². The third-order valence-electron chi connectivity index (χ3n) is 3.20. The van der Waals surface area contributed by atoms with Crippen molar-refractivity contribution in [3.8, 4) is 5.75 Å². The highest BCUT2D eigenvalue weighted by Crippen LogP contribution is 2.10. The summed E-state index contributed by atoms with van der Waals surface area (Å²) in [6, 6.07) is 17.8. The van der Waals surface area contributed by atoms with Crippen LogP contribution < -0.4 is 26.2 Å². The van der Waals surface area contributed by atoms with Gasteiger partial charge in [-0.1, -0.05) is 42.5 Å². The zero-order valence-electron chi connectivity index (χ0n) is 13.3. The maximum absolute atomic E-state index is 5.20. The minimum Gasteiger partial charge on any atom is -0.497 e. The van der Waals surface area contributed by atoms with Crippen LogP contribution in [0.1, 0.15) is 11.1 Å². The number of thiocarbonyl (C=S) groups is 2. The van der Waals surface area contributed by atoms with Gasteiger partial charge in [0.1, 0.15) is 5.75 Å². The maximum atomic E-state index is 5.20. The lowest BCUT2D eigenvalue weighted by atomic mass is 10.2. The first kappa shape index (κ1) is 18.0. The largest absolute Gasteiger partial charge is 0.497 e. The second-order valence-electron chi connectivity index (χ2n) is 4.95. The van der Waals surface area contributed by atoms with E-state index < -0.39 is 0 Å². The van der Waals surface area contributed by atoms with Crippen LogP contribution >= 0.6 is 24.4 Å². The molecular weight excluding hydrogens is 340 g/mol. The lowest BCUT2D eigenvalue weighted by Crippen LogP contribution is -2.49. The summed E-state index contributed by atoms with van der Waals surface area (Å²) >= 11 is 10.4. The molecule has 0 atom stereocenters. The Labute approximate surface area is 152 Å². The molecule has 0 saturated carbocycles. The van der Waals surface area contributed by atoms with Gasteiger partial charge in [-0.05, 0) is 47.7 Å². The van der Waals surface area contributed by atoms with E-state index in [1.54, 1.807) is 7.11 Å². The van der Waals surface area contributed by atoms with Crippen LogP contribution in [-0.4, -0.2) is 17.3 Å². The molecule has 4 N–H and O–H groups in total. The molecule has 0 saturated heterocycles. The van der Waals surface area contributed by atoms with Crippen LogP contribution in [0.5, 0.6) is 5.75 Å². The topological polar surface area (TPSA) is 57.4 Å². The van der Waals surface area contributed by atoms with Crippen LogP contribution in [0.25, 0.3) is 0 Å². The summed E-state index contributed by atoms with van der Waals surface area (Å²) in [5, 5.41) is 7.14. The first-order valence-electron chi connectivity index (χ1n) is 7.42. The summed E-state index contributed by atoms with van der Waals surface area (Å²) in [4.78, 5) is 0. The Balaban J connectivity index is 1.64. The van der Waals surface area contributed by atoms with Crippen LogP contribution in [0.3, 0.4) is 0 Å². The van der Waals surface area contributed by atoms with Crippen LogP contribution in [0.15, 0.2) is 54.6 Å². The van der Waals surface area contributed by atoms with Crippen molar-refractivity contribution in [1.29, 1.82) is 0 Å². The van der Waals surface area contributed by atoms with Crippen molar-refractivity contribution in [2.24, 2.45) is 0 Å². The van der Waals surface area contributed by atoms with Crippen molar-refractivity contribution < 1.29 is 4.74 Å². The van der Waals surface area contributed by atoms with Gasteiger partial charge < -0.3 is 15.4 Å². The Morgan fingerprint density at radius 2 is 1.29 bits per heavy atom. The highest BCUT2D eigenvalue weighted by Gasteiger charge is 1.99. The lowest BCUT2D eigenvalue weighted by Gasteiger charge is -2.14. The van der Waals surface area contributed by atoms with Crippen molar-refractivity contribution in [3.63, 3.8) is 0 Å². The molecule has 0 radical (unpaired) electrons. The molecule has 0 fully saturated rings. The molecule has 0 unspecified atom stereocenters. The molecule has 24 heavy (non-hydrogen) atoms. The van der Waals surface area contributed by atoms with E-state index in [4.69, 9.17) is 29.2 Å². The molecule has 0 heterocycles. The van der Waals surface area contributed by atoms with E-state index in [9.17, 15) is 0 Å². The normalized spacial score (nSPS) is 9.71. The summed E-state index contributed by atoms with van der Waals surface area (Å²) in [6.07, 6.45) is 0. The van der Waals surface area contributed by atoms with Gasteiger partial charge in [-0.3, -0.25) is 10.9 Å². The zero-order chi connectivity index (χ0) is 17.2. The predicted octanol–water partition coefficient (Wildman–Crippen LogP) is 2.24. The van der Waals surface area contributed by atoms with Gasteiger partial charge in [0.25, 0.3) is 0 Å². The average molecular weight is 361 g/mol. The zero-order valence-corrected chi connectivity index (χ0v) is 15.0. The molecule has 7 heteroatoms. The van der Waals surface area contributed by atoms with Crippen LogP contribution in [0, 0.1) is 0 Å². The van der Waals surface area contributed by atoms with Gasteiger partial charge in [0.05, 0.1) is 7.11 Å². The molecule has 126 valence electrons. The van der Waals surface area contributed by atoms with E-state index in [-0.39, 0.29) is 0 Å². The molecular formula is C17H20N4OS2. The van der Waals surface area contributed by atoms with E-state index >= 15 is 0 Å². The van der Waals surface area contributed by atoms with Crippen LogP contribution in [0.2, 0.25) is 0 Å². The molecule has 0 spiro atoms. The quantitative estimate of drug-likeness (QED) is 0.482. The van der Waals surface area contributed by atoms with Gasteiger partial charge in [0.15, 0.2) is 10.2 Å². The molecule has 0 aliphatic heterocycles. The van der Waals surface area contributed by atoms with Crippen molar-refractivity contribution in [3.05, 3.63) is 65.7 Å². The van der Waals surface area contributed by atoms with Gasteiger partial charge in [-0.2, -0.15) is 0 Å². The Morgan fingerprint density at radius 3 is 1.79 bits per heavy atom. The third-order valence-corrected chi connectivity index (χ3v) is 3.69. The second kappa shape index (κ2) is 9.69. The molecule has 0 amide bonds. The second-order valence-corrected chi connectivity index (χ2v) is 5.77. The van der Waals surface area contributed by atoms with Crippen molar-refractivity contribution >= 4 is 34.7 Å². The van der Waals surface area contributed by atoms with Gasteiger partial charge in [-0.25, -0.2) is 0 Å². The number of rotatable bonds is 5. The Bertz CT molecular complexity index is 662. The standard InChI is InChI=1S/C17H20N4OS2/c1-22-15-9-7-14(8-10-15)12-19-17(24)21-20-16(23)18-11-13-5-3-2-4-6-13/h2-10H,11-12H2,1H3,(H2,18,20,23)(H2,19,21,24). The van der Waals surface area contributed by atoms with E-state index in [0.717, 1.165) is 16.9 Å². The van der Waals surface area contributed by atoms with Gasteiger partial charge in [0, 0.05) is 13.1 Å². The van der Waals surface area contributed by atoms with E-state index in [1.165, 1.54) is 0 Å². The monoisotopic (exact) mass is 360 g/mol. The molecule has 0 bridgehead atoms. The minimum absolute atomic E-state index is 0.467. The fourth-order valence-electron chi connectivity index (χ4n) is 1.91. The molecule has 0 aliphatic rings. The number of methoxy groups -OCH3 is 1. The van der Waals surface area contributed by atoms with Crippen molar-refractivity contribution in [1.82, 2.24) is 21.5 Å².